The number of phenolic OH excluding ortho intramolecular Hbond substituents is 1. The maximum atomic E-state index is 14.7. The molecule has 0 amide bonds. The predicted molar refractivity (Wildman–Crippen MR) is 103 cm³/mol. The van der Waals surface area contributed by atoms with Gasteiger partial charge in [-0.15, -0.1) is 0 Å². The zero-order valence-electron chi connectivity index (χ0n) is 15.0. The van der Waals surface area contributed by atoms with Crippen LogP contribution < -0.4 is 4.90 Å². The number of hydrogen-bond donors (Lipinski definition) is 1. The number of allylic oxidation sites excluding steroid dienone is 1. The van der Waals surface area contributed by atoms with Gasteiger partial charge in [0.25, 0.3) is 0 Å². The molecule has 1 N–H and O–H groups in total. The number of rotatable bonds is 3. The first-order valence-corrected chi connectivity index (χ1v) is 8.46. The Morgan fingerprint density at radius 2 is 1.88 bits per heavy atom. The number of fused-ring (bicyclic) bond motifs is 1. The number of nitrogens with zero attached hydrogens (tertiary/aromatic N) is 2. The largest absolute Gasteiger partial charge is 0.508 e. The van der Waals surface area contributed by atoms with Crippen LogP contribution in [-0.2, 0) is 0 Å². The smallest absolute Gasteiger partial charge is 0.134 e. The molecule has 0 aromatic heterocycles. The summed E-state index contributed by atoms with van der Waals surface area (Å²) in [5, 5.41) is 9.32. The summed E-state index contributed by atoms with van der Waals surface area (Å²) >= 11 is 0. The zero-order valence-corrected chi connectivity index (χ0v) is 15.0. The van der Waals surface area contributed by atoms with Crippen molar-refractivity contribution in [1.29, 1.82) is 0 Å². The molecule has 25 heavy (non-hydrogen) atoms. The van der Waals surface area contributed by atoms with Crippen LogP contribution in [-0.4, -0.2) is 23.4 Å². The van der Waals surface area contributed by atoms with Crippen molar-refractivity contribution in [3.63, 3.8) is 0 Å². The monoisotopic (exact) mass is 338 g/mol. The summed E-state index contributed by atoms with van der Waals surface area (Å²) in [6.45, 7) is 9.23. The summed E-state index contributed by atoms with van der Waals surface area (Å²) in [6, 6.07) is 9.96. The van der Waals surface area contributed by atoms with Gasteiger partial charge in [-0.25, -0.2) is 4.39 Å². The van der Waals surface area contributed by atoms with E-state index in [2.05, 4.69) is 43.7 Å². The van der Waals surface area contributed by atoms with E-state index < -0.39 is 0 Å². The van der Waals surface area contributed by atoms with E-state index in [9.17, 15) is 9.50 Å². The minimum Gasteiger partial charge on any atom is -0.508 e. The van der Waals surface area contributed by atoms with Gasteiger partial charge in [0.15, 0.2) is 0 Å². The van der Waals surface area contributed by atoms with Crippen molar-refractivity contribution >= 4 is 23.2 Å². The van der Waals surface area contributed by atoms with Crippen molar-refractivity contribution < 1.29 is 9.50 Å². The molecular weight excluding hydrogens is 315 g/mol. The third-order valence-corrected chi connectivity index (χ3v) is 4.61. The van der Waals surface area contributed by atoms with Gasteiger partial charge < -0.3 is 10.0 Å². The van der Waals surface area contributed by atoms with E-state index in [1.807, 2.05) is 6.07 Å². The summed E-state index contributed by atoms with van der Waals surface area (Å²) < 4.78 is 14.7. The van der Waals surface area contributed by atoms with Crippen LogP contribution in [0.2, 0.25) is 0 Å². The molecule has 3 rings (SSSR count). The highest BCUT2D eigenvalue weighted by Crippen LogP contribution is 2.39. The normalized spacial score (nSPS) is 16.0. The third-order valence-electron chi connectivity index (χ3n) is 4.61. The molecule has 130 valence electrons. The fourth-order valence-electron chi connectivity index (χ4n) is 3.47. The highest BCUT2D eigenvalue weighted by Gasteiger charge is 2.30. The Labute approximate surface area is 148 Å². The van der Waals surface area contributed by atoms with Crippen LogP contribution in [0.15, 0.2) is 47.5 Å². The van der Waals surface area contributed by atoms with Crippen LogP contribution >= 0.6 is 0 Å². The maximum Gasteiger partial charge on any atom is 0.134 e. The fourth-order valence-corrected chi connectivity index (χ4v) is 3.47. The number of phenols is 1. The quantitative estimate of drug-likeness (QED) is 0.771. The molecule has 0 saturated carbocycles. The van der Waals surface area contributed by atoms with Gasteiger partial charge in [0.05, 0.1) is 11.2 Å². The summed E-state index contributed by atoms with van der Waals surface area (Å²) in [5.74, 6) is -0.104. The molecule has 0 aliphatic carbocycles. The van der Waals surface area contributed by atoms with Gasteiger partial charge >= 0.3 is 0 Å². The molecule has 1 aliphatic rings. The topological polar surface area (TPSA) is 35.8 Å². The molecule has 2 aromatic rings. The van der Waals surface area contributed by atoms with Crippen LogP contribution in [0, 0.1) is 5.82 Å². The lowest BCUT2D eigenvalue weighted by Crippen LogP contribution is -2.45. The van der Waals surface area contributed by atoms with E-state index in [1.54, 1.807) is 30.3 Å². The predicted octanol–water partition coefficient (Wildman–Crippen LogP) is 5.30. The number of hydrogen-bond acceptors (Lipinski definition) is 3. The maximum absolute atomic E-state index is 14.7. The van der Waals surface area contributed by atoms with Crippen LogP contribution in [0.5, 0.6) is 5.75 Å². The van der Waals surface area contributed by atoms with Crippen molar-refractivity contribution in [2.75, 3.05) is 11.4 Å². The van der Waals surface area contributed by atoms with Crippen LogP contribution in [0.3, 0.4) is 0 Å². The number of anilines is 1. The molecule has 1 aliphatic heterocycles. The Morgan fingerprint density at radius 1 is 1.20 bits per heavy atom. The zero-order chi connectivity index (χ0) is 18.2. The number of halogens is 1. The molecule has 3 nitrogen and oxygen atoms in total. The second-order valence-corrected chi connectivity index (χ2v) is 6.89. The lowest BCUT2D eigenvalue weighted by atomic mass is 9.88. The first-order chi connectivity index (χ1) is 11.8. The molecule has 0 atom stereocenters. The molecule has 0 bridgehead atoms. The van der Waals surface area contributed by atoms with Gasteiger partial charge in [-0.2, -0.15) is 0 Å². The summed E-state index contributed by atoms with van der Waals surface area (Å²) in [7, 11) is 0. The first-order valence-electron chi connectivity index (χ1n) is 8.46. The highest BCUT2D eigenvalue weighted by atomic mass is 19.1. The van der Waals surface area contributed by atoms with Crippen LogP contribution in [0.4, 0.5) is 15.8 Å². The SMILES string of the molecule is CCN1c2cc(F)c(C=Nc3ccc(O)cc3)cc2C(C)=CC1(C)C. The van der Waals surface area contributed by atoms with Crippen molar-refractivity contribution in [3.8, 4) is 5.75 Å². The standard InChI is InChI=1S/C21H23FN2O/c1-5-24-20-11-19(22)15(10-18(20)14(2)12-21(24,3)4)13-23-16-6-8-17(25)9-7-16/h6-13,25H,5H2,1-4H3. The third kappa shape index (κ3) is 3.29. The van der Waals surface area contributed by atoms with E-state index in [-0.39, 0.29) is 17.1 Å². The second-order valence-electron chi connectivity index (χ2n) is 6.89. The molecule has 0 spiro atoms. The number of aliphatic imine (C=N–C) groups is 1. The number of likely N-dealkylation sites (N-methyl/N-ethyl adjacent to an activating group) is 1. The van der Waals surface area contributed by atoms with Crippen molar-refractivity contribution in [2.24, 2.45) is 4.99 Å². The number of aromatic hydroxyl groups is 1. The highest BCUT2D eigenvalue weighted by molar-refractivity contribution is 5.89. The van der Waals surface area contributed by atoms with Crippen molar-refractivity contribution in [2.45, 2.75) is 33.2 Å². The van der Waals surface area contributed by atoms with E-state index in [1.165, 1.54) is 6.21 Å². The Hall–Kier alpha value is -2.62. The van der Waals surface area contributed by atoms with E-state index >= 15 is 0 Å². The van der Waals surface area contributed by atoms with Gasteiger partial charge in [-0.1, -0.05) is 6.08 Å². The average molecular weight is 338 g/mol. The van der Waals surface area contributed by atoms with E-state index in [0.717, 1.165) is 23.4 Å². The minimum absolute atomic E-state index is 0.139. The molecule has 0 unspecified atom stereocenters. The Morgan fingerprint density at radius 3 is 2.52 bits per heavy atom. The second kappa shape index (κ2) is 6.36. The molecule has 1 heterocycles. The summed E-state index contributed by atoms with van der Waals surface area (Å²) in [6.07, 6.45) is 3.75. The molecule has 0 radical (unpaired) electrons. The fraction of sp³-hybridized carbons (Fsp3) is 0.286. The molecule has 2 aromatic carbocycles. The van der Waals surface area contributed by atoms with Gasteiger partial charge in [0.2, 0.25) is 0 Å². The summed E-state index contributed by atoms with van der Waals surface area (Å²) in [5.41, 5.74) is 4.08. The van der Waals surface area contributed by atoms with E-state index in [0.29, 0.717) is 11.3 Å². The molecular formula is C21H23FN2O. The van der Waals surface area contributed by atoms with Gasteiger partial charge in [0.1, 0.15) is 11.6 Å². The Kier molecular flexibility index (Phi) is 4.38. The van der Waals surface area contributed by atoms with Crippen molar-refractivity contribution in [3.05, 3.63) is 59.4 Å². The lowest BCUT2D eigenvalue weighted by Gasteiger charge is -2.42. The molecule has 0 saturated heterocycles. The summed E-state index contributed by atoms with van der Waals surface area (Å²) in [4.78, 5) is 6.52. The first kappa shape index (κ1) is 17.2. The average Bonchev–Trinajstić information content (AvgIpc) is 2.54. The molecule has 0 fully saturated rings. The van der Waals surface area contributed by atoms with Gasteiger partial charge in [-0.3, -0.25) is 4.99 Å². The minimum atomic E-state index is -0.287. The Bertz CT molecular complexity index is 851. The Balaban J connectivity index is 2.02. The molecule has 4 heteroatoms. The van der Waals surface area contributed by atoms with Crippen LogP contribution in [0.1, 0.15) is 38.8 Å². The number of benzene rings is 2. The van der Waals surface area contributed by atoms with Gasteiger partial charge in [0, 0.05) is 29.6 Å². The lowest BCUT2D eigenvalue weighted by molar-refractivity contribution is 0.475. The van der Waals surface area contributed by atoms with Gasteiger partial charge in [-0.05, 0) is 69.7 Å². The van der Waals surface area contributed by atoms with Crippen molar-refractivity contribution in [1.82, 2.24) is 0 Å². The van der Waals surface area contributed by atoms with E-state index in [4.69, 9.17) is 0 Å². The van der Waals surface area contributed by atoms with Crippen LogP contribution in [0.25, 0.3) is 5.57 Å².